The zero-order chi connectivity index (χ0) is 13.8. The number of pyridine rings is 1. The summed E-state index contributed by atoms with van der Waals surface area (Å²) in [6.45, 7) is 6.07. The Morgan fingerprint density at radius 3 is 2.74 bits per heavy atom. The molecule has 0 spiro atoms. The number of hydrazine groups is 1. The molecule has 4 nitrogen and oxygen atoms in total. The molecule has 3 N–H and O–H groups in total. The van der Waals surface area contributed by atoms with Crippen LogP contribution in [0.15, 0.2) is 29.9 Å². The second kappa shape index (κ2) is 6.14. The quantitative estimate of drug-likeness (QED) is 0.651. The number of nitrogens with one attached hydrogen (secondary N) is 1. The van der Waals surface area contributed by atoms with Crippen LogP contribution in [0.5, 0.6) is 5.75 Å². The normalized spacial score (nSPS) is 12.7. The van der Waals surface area contributed by atoms with E-state index in [1.807, 2.05) is 26.1 Å². The van der Waals surface area contributed by atoms with Gasteiger partial charge in [0.15, 0.2) is 0 Å². The number of thiophene rings is 1. The molecule has 0 radical (unpaired) electrons. The zero-order valence-corrected chi connectivity index (χ0v) is 12.2. The fourth-order valence-electron chi connectivity index (χ4n) is 1.93. The molecule has 0 fully saturated rings. The van der Waals surface area contributed by atoms with Gasteiger partial charge in [-0.3, -0.25) is 10.8 Å². The number of hydrogen-bond donors (Lipinski definition) is 2. The lowest BCUT2D eigenvalue weighted by Crippen LogP contribution is -2.28. The molecule has 0 saturated heterocycles. The Morgan fingerprint density at radius 1 is 1.37 bits per heavy atom. The van der Waals surface area contributed by atoms with Crippen molar-refractivity contribution in [2.75, 3.05) is 0 Å². The van der Waals surface area contributed by atoms with Crippen LogP contribution in [0, 0.1) is 6.92 Å². The molecule has 0 aromatic carbocycles. The molecule has 5 heteroatoms. The SMILES string of the molecule is Cc1ccsc1C(NN)c1cncc(OC(C)C)c1. The predicted molar refractivity (Wildman–Crippen MR) is 78.2 cm³/mol. The summed E-state index contributed by atoms with van der Waals surface area (Å²) in [4.78, 5) is 5.43. The number of nitrogens with zero attached hydrogens (tertiary/aromatic N) is 1. The third kappa shape index (κ3) is 3.32. The highest BCUT2D eigenvalue weighted by Gasteiger charge is 2.17. The van der Waals surface area contributed by atoms with Gasteiger partial charge in [0.1, 0.15) is 5.75 Å². The summed E-state index contributed by atoms with van der Waals surface area (Å²) in [7, 11) is 0. The van der Waals surface area contributed by atoms with Crippen LogP contribution in [0.3, 0.4) is 0 Å². The number of rotatable bonds is 5. The number of hydrogen-bond acceptors (Lipinski definition) is 5. The topological polar surface area (TPSA) is 60.2 Å². The van der Waals surface area contributed by atoms with E-state index in [1.165, 1.54) is 10.4 Å². The van der Waals surface area contributed by atoms with E-state index < -0.39 is 0 Å². The smallest absolute Gasteiger partial charge is 0.138 e. The van der Waals surface area contributed by atoms with Gasteiger partial charge in [-0.25, -0.2) is 5.43 Å². The number of ether oxygens (including phenoxy) is 1. The first-order valence-corrected chi connectivity index (χ1v) is 7.11. The summed E-state index contributed by atoms with van der Waals surface area (Å²) in [6.07, 6.45) is 3.67. The van der Waals surface area contributed by atoms with Gasteiger partial charge >= 0.3 is 0 Å². The van der Waals surface area contributed by atoms with Gasteiger partial charge in [0.05, 0.1) is 18.3 Å². The highest BCUT2D eigenvalue weighted by atomic mass is 32.1. The third-order valence-corrected chi connectivity index (χ3v) is 3.85. The maximum Gasteiger partial charge on any atom is 0.138 e. The third-order valence-electron chi connectivity index (χ3n) is 2.77. The molecule has 2 heterocycles. The number of nitrogens with two attached hydrogens (primary N) is 1. The van der Waals surface area contributed by atoms with E-state index >= 15 is 0 Å². The standard InChI is InChI=1S/C14H19N3OS/c1-9(2)18-12-6-11(7-16-8-12)13(17-15)14-10(3)4-5-19-14/h4-9,13,17H,15H2,1-3H3. The van der Waals surface area contributed by atoms with E-state index in [9.17, 15) is 0 Å². The lowest BCUT2D eigenvalue weighted by Gasteiger charge is -2.17. The largest absolute Gasteiger partial charge is 0.489 e. The molecular weight excluding hydrogens is 258 g/mol. The van der Waals surface area contributed by atoms with Crippen LogP contribution in [0.25, 0.3) is 0 Å². The van der Waals surface area contributed by atoms with Crippen molar-refractivity contribution >= 4 is 11.3 Å². The Bertz CT molecular complexity index is 539. The highest BCUT2D eigenvalue weighted by molar-refractivity contribution is 7.10. The van der Waals surface area contributed by atoms with Crippen molar-refractivity contribution in [1.29, 1.82) is 0 Å². The summed E-state index contributed by atoms with van der Waals surface area (Å²) in [6, 6.07) is 4.02. The first-order chi connectivity index (χ1) is 9.11. The van der Waals surface area contributed by atoms with Gasteiger partial charge in [0.2, 0.25) is 0 Å². The van der Waals surface area contributed by atoms with Crippen LogP contribution < -0.4 is 16.0 Å². The van der Waals surface area contributed by atoms with Crippen LogP contribution in [-0.4, -0.2) is 11.1 Å². The second-order valence-electron chi connectivity index (χ2n) is 4.69. The van der Waals surface area contributed by atoms with Gasteiger partial charge in [-0.05, 0) is 49.4 Å². The van der Waals surface area contributed by atoms with Crippen molar-refractivity contribution in [3.05, 3.63) is 45.9 Å². The van der Waals surface area contributed by atoms with E-state index in [-0.39, 0.29) is 12.1 Å². The summed E-state index contributed by atoms with van der Waals surface area (Å²) in [5.74, 6) is 6.47. The Morgan fingerprint density at radius 2 is 2.16 bits per heavy atom. The minimum atomic E-state index is -0.0526. The van der Waals surface area contributed by atoms with Crippen molar-refractivity contribution in [3.63, 3.8) is 0 Å². The average molecular weight is 277 g/mol. The monoisotopic (exact) mass is 277 g/mol. The van der Waals surface area contributed by atoms with Crippen molar-refractivity contribution < 1.29 is 4.74 Å². The van der Waals surface area contributed by atoms with Gasteiger partial charge in [0.25, 0.3) is 0 Å². The van der Waals surface area contributed by atoms with E-state index in [2.05, 4.69) is 28.8 Å². The number of aryl methyl sites for hydroxylation is 1. The van der Waals surface area contributed by atoms with Crippen molar-refractivity contribution in [1.82, 2.24) is 10.4 Å². The maximum absolute atomic E-state index is 5.70. The molecule has 0 amide bonds. The second-order valence-corrected chi connectivity index (χ2v) is 5.64. The van der Waals surface area contributed by atoms with E-state index in [0.717, 1.165) is 11.3 Å². The molecule has 1 unspecified atom stereocenters. The Kier molecular flexibility index (Phi) is 4.52. The van der Waals surface area contributed by atoms with Gasteiger partial charge < -0.3 is 4.74 Å². The lowest BCUT2D eigenvalue weighted by molar-refractivity contribution is 0.241. The van der Waals surface area contributed by atoms with Crippen molar-refractivity contribution in [2.45, 2.75) is 32.9 Å². The first-order valence-electron chi connectivity index (χ1n) is 6.23. The molecule has 0 aliphatic heterocycles. The van der Waals surface area contributed by atoms with Crippen molar-refractivity contribution in [2.24, 2.45) is 5.84 Å². The fraction of sp³-hybridized carbons (Fsp3) is 0.357. The van der Waals surface area contributed by atoms with Crippen LogP contribution in [0.2, 0.25) is 0 Å². The molecule has 1 atom stereocenters. The minimum Gasteiger partial charge on any atom is -0.489 e. The molecule has 2 aromatic rings. The predicted octanol–water partition coefficient (Wildman–Crippen LogP) is 2.79. The fourth-order valence-corrected chi connectivity index (χ4v) is 2.95. The molecule has 2 aromatic heterocycles. The Hall–Kier alpha value is -1.43. The molecule has 2 rings (SSSR count). The molecule has 0 bridgehead atoms. The summed E-state index contributed by atoms with van der Waals surface area (Å²) < 4.78 is 5.67. The molecule has 0 saturated carbocycles. The summed E-state index contributed by atoms with van der Waals surface area (Å²) >= 11 is 1.69. The van der Waals surface area contributed by atoms with Gasteiger partial charge in [-0.15, -0.1) is 11.3 Å². The number of aromatic nitrogens is 1. The lowest BCUT2D eigenvalue weighted by atomic mass is 10.1. The van der Waals surface area contributed by atoms with Crippen LogP contribution in [0.1, 0.15) is 35.9 Å². The van der Waals surface area contributed by atoms with Crippen LogP contribution in [-0.2, 0) is 0 Å². The molecule has 0 aliphatic carbocycles. The average Bonchev–Trinajstić information content (AvgIpc) is 2.77. The van der Waals surface area contributed by atoms with Crippen LogP contribution >= 0.6 is 11.3 Å². The first kappa shape index (κ1) is 14.0. The van der Waals surface area contributed by atoms with Gasteiger partial charge in [-0.2, -0.15) is 0 Å². The highest BCUT2D eigenvalue weighted by Crippen LogP contribution is 2.30. The Labute approximate surface area is 117 Å². The minimum absolute atomic E-state index is 0.0526. The molecular formula is C14H19N3OS. The molecule has 102 valence electrons. The van der Waals surface area contributed by atoms with E-state index in [0.29, 0.717) is 0 Å². The summed E-state index contributed by atoms with van der Waals surface area (Å²) in [5.41, 5.74) is 5.09. The van der Waals surface area contributed by atoms with E-state index in [4.69, 9.17) is 10.6 Å². The molecule has 0 aliphatic rings. The van der Waals surface area contributed by atoms with Crippen LogP contribution in [0.4, 0.5) is 0 Å². The Balaban J connectivity index is 2.31. The summed E-state index contributed by atoms with van der Waals surface area (Å²) in [5, 5.41) is 2.07. The van der Waals surface area contributed by atoms with Gasteiger partial charge in [-0.1, -0.05) is 0 Å². The molecule has 19 heavy (non-hydrogen) atoms. The maximum atomic E-state index is 5.70. The zero-order valence-electron chi connectivity index (χ0n) is 11.4. The van der Waals surface area contributed by atoms with E-state index in [1.54, 1.807) is 17.5 Å². The van der Waals surface area contributed by atoms with Crippen molar-refractivity contribution in [3.8, 4) is 5.75 Å². The van der Waals surface area contributed by atoms with Gasteiger partial charge in [0, 0.05) is 11.1 Å².